The van der Waals surface area contributed by atoms with E-state index in [2.05, 4.69) is 150 Å². The van der Waals surface area contributed by atoms with Gasteiger partial charge in [-0.15, -0.1) is 22.7 Å². The second-order valence-electron chi connectivity index (χ2n) is 12.3. The van der Waals surface area contributed by atoms with Crippen LogP contribution in [0.4, 0.5) is 17.1 Å². The van der Waals surface area contributed by atoms with Gasteiger partial charge in [0.15, 0.2) is 5.76 Å². The van der Waals surface area contributed by atoms with Gasteiger partial charge in [-0.1, -0.05) is 72.8 Å². The summed E-state index contributed by atoms with van der Waals surface area (Å²) < 4.78 is 11.7. The van der Waals surface area contributed by atoms with Gasteiger partial charge in [-0.2, -0.15) is 0 Å². The molecular weight excluding hydrogens is 625 g/mol. The van der Waals surface area contributed by atoms with Gasteiger partial charge in [0.05, 0.1) is 0 Å². The van der Waals surface area contributed by atoms with E-state index in [1.807, 2.05) is 22.7 Å². The molecule has 0 bridgehead atoms. The van der Waals surface area contributed by atoms with E-state index in [9.17, 15) is 0 Å². The molecule has 0 radical (unpaired) electrons. The van der Waals surface area contributed by atoms with E-state index in [1.165, 1.54) is 51.1 Å². The van der Waals surface area contributed by atoms with Gasteiger partial charge in [-0.25, -0.2) is 4.98 Å². The molecule has 0 aliphatic heterocycles. The number of nitrogens with zero attached hydrogens (tertiary/aromatic N) is 2. The fourth-order valence-corrected chi connectivity index (χ4v) is 9.62. The highest BCUT2D eigenvalue weighted by atomic mass is 32.1. The van der Waals surface area contributed by atoms with E-state index >= 15 is 0 Å². The lowest BCUT2D eigenvalue weighted by Crippen LogP contribution is -2.09. The Morgan fingerprint density at radius 2 is 1.04 bits per heavy atom. The molecule has 7 aromatic carbocycles. The van der Waals surface area contributed by atoms with Crippen LogP contribution in [0.15, 0.2) is 150 Å². The molecule has 224 valence electrons. The van der Waals surface area contributed by atoms with Crippen molar-refractivity contribution in [3.8, 4) is 34.0 Å². The monoisotopic (exact) mass is 648 g/mol. The highest BCUT2D eigenvalue weighted by Gasteiger charge is 2.28. The summed E-state index contributed by atoms with van der Waals surface area (Å²) >= 11 is 3.69. The highest BCUT2D eigenvalue weighted by molar-refractivity contribution is 7.26. The first-order valence-electron chi connectivity index (χ1n) is 16.0. The summed E-state index contributed by atoms with van der Waals surface area (Å²) in [4.78, 5) is 7.40. The van der Waals surface area contributed by atoms with Crippen LogP contribution in [0.5, 0.6) is 0 Å². The molecule has 0 saturated heterocycles. The van der Waals surface area contributed by atoms with Crippen LogP contribution in [0.2, 0.25) is 0 Å². The zero-order valence-corrected chi connectivity index (χ0v) is 27.1. The average molecular weight is 649 g/mol. The minimum absolute atomic E-state index is 0.641. The van der Waals surface area contributed by atoms with Gasteiger partial charge in [-0.05, 0) is 78.2 Å². The molecule has 0 amide bonds. The zero-order valence-electron chi connectivity index (χ0n) is 25.5. The summed E-state index contributed by atoms with van der Waals surface area (Å²) in [6, 6.07) is 52.5. The van der Waals surface area contributed by atoms with Crippen molar-refractivity contribution in [3.63, 3.8) is 0 Å². The lowest BCUT2D eigenvalue weighted by molar-refractivity contribution is 0.590. The molecule has 5 heteroatoms. The Morgan fingerprint density at radius 1 is 0.479 bits per heavy atom. The van der Waals surface area contributed by atoms with E-state index in [4.69, 9.17) is 9.40 Å². The molecule has 0 fully saturated rings. The molecule has 0 spiro atoms. The Balaban J connectivity index is 1.05. The highest BCUT2D eigenvalue weighted by Crippen LogP contribution is 2.49. The predicted molar refractivity (Wildman–Crippen MR) is 204 cm³/mol. The molecular formula is C43H24N2OS2. The summed E-state index contributed by atoms with van der Waals surface area (Å²) in [5.74, 6) is 1.50. The standard InChI is InChI=1S/C43H24N2OS2/c1-3-13-36-30(9-1)34-23-28(19-21-38(34)47-36)45(29-20-22-39-35(24-29)31-10-2-4-14-37(31)48-39)27-17-15-26(16-18-27)43-44-41-32-11-5-7-25-8-6-12-33(40(25)32)42(41)46-43/h1-24H. The Kier molecular flexibility index (Phi) is 5.42. The van der Waals surface area contributed by atoms with Crippen LogP contribution in [0.1, 0.15) is 0 Å². The Labute approximate surface area is 283 Å². The molecule has 0 unspecified atom stereocenters. The van der Waals surface area contributed by atoms with Gasteiger partial charge in [0.2, 0.25) is 5.89 Å². The zero-order chi connectivity index (χ0) is 31.3. The van der Waals surface area contributed by atoms with Crippen LogP contribution in [0.25, 0.3) is 85.2 Å². The third-order valence-electron chi connectivity index (χ3n) is 9.64. The Hall–Kier alpha value is -5.75. The van der Waals surface area contributed by atoms with Crippen LogP contribution >= 0.6 is 22.7 Å². The first-order chi connectivity index (χ1) is 23.8. The summed E-state index contributed by atoms with van der Waals surface area (Å²) in [6.07, 6.45) is 0. The fourth-order valence-electron chi connectivity index (χ4n) is 7.44. The number of rotatable bonds is 4. The van der Waals surface area contributed by atoms with Crippen molar-refractivity contribution in [2.24, 2.45) is 0 Å². The number of benzene rings is 7. The molecule has 11 rings (SSSR count). The molecule has 48 heavy (non-hydrogen) atoms. The van der Waals surface area contributed by atoms with Gasteiger partial charge in [0.1, 0.15) is 5.69 Å². The fraction of sp³-hybridized carbons (Fsp3) is 0. The third kappa shape index (κ3) is 3.77. The molecule has 1 aliphatic rings. The average Bonchev–Trinajstić information content (AvgIpc) is 3.90. The van der Waals surface area contributed by atoms with Crippen molar-refractivity contribution in [2.75, 3.05) is 4.90 Å². The van der Waals surface area contributed by atoms with Gasteiger partial charge >= 0.3 is 0 Å². The molecule has 3 nitrogen and oxygen atoms in total. The van der Waals surface area contributed by atoms with Crippen LogP contribution in [0.3, 0.4) is 0 Å². The Bertz CT molecular complexity index is 2740. The summed E-state index contributed by atoms with van der Waals surface area (Å²) in [6.45, 7) is 0. The maximum atomic E-state index is 6.49. The van der Waals surface area contributed by atoms with Gasteiger partial charge in [0.25, 0.3) is 0 Å². The number of fused-ring (bicyclic) bond motifs is 9. The predicted octanol–water partition coefficient (Wildman–Crippen LogP) is 13.3. The lowest BCUT2D eigenvalue weighted by atomic mass is 10.0. The minimum Gasteiger partial charge on any atom is -0.435 e. The van der Waals surface area contributed by atoms with Crippen molar-refractivity contribution in [3.05, 3.63) is 146 Å². The molecule has 0 atom stereocenters. The van der Waals surface area contributed by atoms with Gasteiger partial charge in [0, 0.05) is 79.5 Å². The number of oxazole rings is 1. The molecule has 3 heterocycles. The minimum atomic E-state index is 0.641. The van der Waals surface area contributed by atoms with Gasteiger partial charge < -0.3 is 9.32 Å². The van der Waals surface area contributed by atoms with Crippen LogP contribution in [0, 0.1) is 0 Å². The lowest BCUT2D eigenvalue weighted by Gasteiger charge is -2.26. The molecule has 0 saturated carbocycles. The van der Waals surface area contributed by atoms with Crippen LogP contribution in [-0.4, -0.2) is 4.98 Å². The molecule has 1 aliphatic carbocycles. The number of aromatic nitrogens is 1. The summed E-state index contributed by atoms with van der Waals surface area (Å²) in [7, 11) is 0. The van der Waals surface area contributed by atoms with Crippen molar-refractivity contribution < 1.29 is 4.42 Å². The van der Waals surface area contributed by atoms with E-state index < -0.39 is 0 Å². The van der Waals surface area contributed by atoms with E-state index in [1.54, 1.807) is 0 Å². The molecule has 10 aromatic rings. The van der Waals surface area contributed by atoms with E-state index in [0.717, 1.165) is 45.2 Å². The van der Waals surface area contributed by atoms with Crippen molar-refractivity contribution in [1.82, 2.24) is 4.98 Å². The van der Waals surface area contributed by atoms with Crippen molar-refractivity contribution in [1.29, 1.82) is 0 Å². The summed E-state index contributed by atoms with van der Waals surface area (Å²) in [5, 5.41) is 7.59. The normalized spacial score (nSPS) is 12.2. The third-order valence-corrected chi connectivity index (χ3v) is 11.9. The SMILES string of the molecule is c1cc2c3c(cccc3c1)-c1oc(-c3ccc(N(c4ccc5sc6ccccc6c5c4)c4ccc5sc6ccccc6c5c4)cc3)nc1-2. The number of anilines is 3. The maximum absolute atomic E-state index is 6.49. The largest absolute Gasteiger partial charge is 0.435 e. The first kappa shape index (κ1) is 26.3. The Morgan fingerprint density at radius 3 is 1.69 bits per heavy atom. The maximum Gasteiger partial charge on any atom is 0.227 e. The smallest absolute Gasteiger partial charge is 0.227 e. The van der Waals surface area contributed by atoms with Crippen molar-refractivity contribution >= 4 is 90.9 Å². The summed E-state index contributed by atoms with van der Waals surface area (Å²) in [5.41, 5.74) is 7.46. The molecule has 3 aromatic heterocycles. The number of thiophene rings is 2. The first-order valence-corrected chi connectivity index (χ1v) is 17.7. The van der Waals surface area contributed by atoms with Crippen molar-refractivity contribution in [2.45, 2.75) is 0 Å². The number of hydrogen-bond acceptors (Lipinski definition) is 5. The van der Waals surface area contributed by atoms with E-state index in [0.29, 0.717) is 5.89 Å². The van der Waals surface area contributed by atoms with Crippen LogP contribution < -0.4 is 4.90 Å². The quantitative estimate of drug-likeness (QED) is 0.190. The topological polar surface area (TPSA) is 29.3 Å². The van der Waals surface area contributed by atoms with Gasteiger partial charge in [-0.3, -0.25) is 0 Å². The van der Waals surface area contributed by atoms with E-state index in [-0.39, 0.29) is 0 Å². The second-order valence-corrected chi connectivity index (χ2v) is 14.5. The van der Waals surface area contributed by atoms with Crippen LogP contribution in [-0.2, 0) is 0 Å². The second kappa shape index (κ2) is 9.88. The molecule has 0 N–H and O–H groups in total. The number of hydrogen-bond donors (Lipinski definition) is 0.